The normalized spacial score (nSPS) is 12.1. The number of rotatable bonds is 7. The molecule has 1 atom stereocenters. The first-order chi connectivity index (χ1) is 12.2. The lowest BCUT2D eigenvalue weighted by Crippen LogP contribution is -2.21. The van der Waals surface area contributed by atoms with Gasteiger partial charge in [-0.1, -0.05) is 42.5 Å². The molecule has 0 amide bonds. The number of aliphatic hydroxyl groups is 1. The van der Waals surface area contributed by atoms with E-state index in [9.17, 15) is 5.11 Å². The first kappa shape index (κ1) is 17.3. The highest BCUT2D eigenvalue weighted by molar-refractivity contribution is 5.91. The van der Waals surface area contributed by atoms with Gasteiger partial charge in [0.25, 0.3) is 0 Å². The van der Waals surface area contributed by atoms with E-state index >= 15 is 0 Å². The Hall–Kier alpha value is -2.56. The van der Waals surface area contributed by atoms with Crippen LogP contribution in [0.2, 0.25) is 0 Å². The molecule has 3 aromatic rings. The van der Waals surface area contributed by atoms with Gasteiger partial charge in [-0.05, 0) is 34.7 Å². The van der Waals surface area contributed by atoms with Crippen LogP contribution < -0.4 is 14.8 Å². The van der Waals surface area contributed by atoms with Gasteiger partial charge in [0.15, 0.2) is 0 Å². The zero-order valence-electron chi connectivity index (χ0n) is 14.5. The summed E-state index contributed by atoms with van der Waals surface area (Å²) in [6, 6.07) is 19.7. The molecule has 0 aromatic heterocycles. The topological polar surface area (TPSA) is 50.7 Å². The van der Waals surface area contributed by atoms with Crippen molar-refractivity contribution in [3.8, 4) is 11.5 Å². The van der Waals surface area contributed by atoms with Crippen molar-refractivity contribution in [1.82, 2.24) is 5.32 Å². The summed E-state index contributed by atoms with van der Waals surface area (Å²) in [4.78, 5) is 0. The number of methoxy groups -OCH3 is 2. The fraction of sp³-hybridized carbons (Fsp3) is 0.238. The number of fused-ring (bicyclic) bond motifs is 1. The Labute approximate surface area is 148 Å². The molecule has 4 heteroatoms. The van der Waals surface area contributed by atoms with Crippen molar-refractivity contribution in [3.05, 3.63) is 71.8 Å². The predicted molar refractivity (Wildman–Crippen MR) is 100 cm³/mol. The van der Waals surface area contributed by atoms with Crippen molar-refractivity contribution in [2.45, 2.75) is 12.6 Å². The maximum Gasteiger partial charge on any atom is 0.126 e. The number of aliphatic hydroxyl groups excluding tert-OH is 1. The van der Waals surface area contributed by atoms with E-state index in [0.717, 1.165) is 27.8 Å². The molecule has 3 aromatic carbocycles. The van der Waals surface area contributed by atoms with Crippen LogP contribution in [0.3, 0.4) is 0 Å². The van der Waals surface area contributed by atoms with Crippen LogP contribution in [0, 0.1) is 0 Å². The second-order valence-electron chi connectivity index (χ2n) is 5.90. The molecule has 2 N–H and O–H groups in total. The molecule has 0 aliphatic carbocycles. The molecule has 3 rings (SSSR count). The lowest BCUT2D eigenvalue weighted by molar-refractivity contribution is 0.174. The Morgan fingerprint density at radius 2 is 1.72 bits per heavy atom. The summed E-state index contributed by atoms with van der Waals surface area (Å²) in [5.41, 5.74) is 2.01. The molecule has 0 spiro atoms. The molecule has 25 heavy (non-hydrogen) atoms. The third-order valence-corrected chi connectivity index (χ3v) is 4.33. The molecular formula is C21H23NO3. The largest absolute Gasteiger partial charge is 0.497 e. The number of hydrogen-bond acceptors (Lipinski definition) is 4. The number of benzene rings is 3. The molecule has 4 nitrogen and oxygen atoms in total. The van der Waals surface area contributed by atoms with Gasteiger partial charge in [-0.15, -0.1) is 0 Å². The van der Waals surface area contributed by atoms with Crippen LogP contribution in [0.15, 0.2) is 60.7 Å². The van der Waals surface area contributed by atoms with Gasteiger partial charge in [0, 0.05) is 18.5 Å². The second-order valence-corrected chi connectivity index (χ2v) is 5.90. The van der Waals surface area contributed by atoms with Crippen LogP contribution in [0.4, 0.5) is 0 Å². The maximum atomic E-state index is 10.4. The van der Waals surface area contributed by atoms with Crippen molar-refractivity contribution < 1.29 is 14.6 Å². The second kappa shape index (κ2) is 8.01. The van der Waals surface area contributed by atoms with Crippen molar-refractivity contribution in [3.63, 3.8) is 0 Å². The number of hydrogen-bond donors (Lipinski definition) is 2. The van der Waals surface area contributed by atoms with Crippen LogP contribution in [0.5, 0.6) is 11.5 Å². The van der Waals surface area contributed by atoms with Crippen LogP contribution in [-0.2, 0) is 6.54 Å². The SMILES string of the molecule is COc1cccc(C(O)CNCc2ccc(OC)c3ccccc23)c1. The third-order valence-electron chi connectivity index (χ3n) is 4.33. The zero-order valence-corrected chi connectivity index (χ0v) is 14.5. The molecule has 0 aliphatic heterocycles. The minimum atomic E-state index is -0.584. The van der Waals surface area contributed by atoms with E-state index in [4.69, 9.17) is 9.47 Å². The molecule has 0 aliphatic rings. The Morgan fingerprint density at radius 1 is 0.920 bits per heavy atom. The highest BCUT2D eigenvalue weighted by Crippen LogP contribution is 2.28. The summed E-state index contributed by atoms with van der Waals surface area (Å²) in [5, 5.41) is 16.0. The third kappa shape index (κ3) is 3.92. The smallest absolute Gasteiger partial charge is 0.126 e. The van der Waals surface area contributed by atoms with Crippen molar-refractivity contribution >= 4 is 10.8 Å². The van der Waals surface area contributed by atoms with E-state index in [-0.39, 0.29) is 0 Å². The Balaban J connectivity index is 1.69. The summed E-state index contributed by atoms with van der Waals surface area (Å²) in [7, 11) is 3.31. The van der Waals surface area contributed by atoms with Gasteiger partial charge in [0.05, 0.1) is 20.3 Å². The van der Waals surface area contributed by atoms with E-state index in [0.29, 0.717) is 13.1 Å². The van der Waals surface area contributed by atoms with Gasteiger partial charge in [-0.25, -0.2) is 0 Å². The Kier molecular flexibility index (Phi) is 5.53. The first-order valence-electron chi connectivity index (χ1n) is 8.30. The van der Waals surface area contributed by atoms with Gasteiger partial charge in [-0.3, -0.25) is 0 Å². The van der Waals surface area contributed by atoms with Crippen LogP contribution in [0.25, 0.3) is 10.8 Å². The minimum absolute atomic E-state index is 0.466. The van der Waals surface area contributed by atoms with E-state index in [1.54, 1.807) is 14.2 Å². The molecule has 0 fully saturated rings. The average molecular weight is 337 g/mol. The molecule has 0 saturated carbocycles. The van der Waals surface area contributed by atoms with Crippen LogP contribution in [0.1, 0.15) is 17.2 Å². The van der Waals surface area contributed by atoms with E-state index in [1.165, 1.54) is 5.56 Å². The summed E-state index contributed by atoms with van der Waals surface area (Å²) < 4.78 is 10.6. The van der Waals surface area contributed by atoms with Crippen LogP contribution >= 0.6 is 0 Å². The average Bonchev–Trinajstić information content (AvgIpc) is 2.68. The van der Waals surface area contributed by atoms with Gasteiger partial charge < -0.3 is 19.9 Å². The van der Waals surface area contributed by atoms with Crippen LogP contribution in [-0.4, -0.2) is 25.9 Å². The zero-order chi connectivity index (χ0) is 17.6. The number of nitrogens with one attached hydrogen (secondary N) is 1. The Morgan fingerprint density at radius 3 is 2.48 bits per heavy atom. The van der Waals surface area contributed by atoms with Gasteiger partial charge in [0.1, 0.15) is 11.5 Å². The Bertz CT molecular complexity index is 847. The summed E-state index contributed by atoms with van der Waals surface area (Å²) in [6.07, 6.45) is -0.584. The molecule has 0 saturated heterocycles. The molecule has 0 heterocycles. The quantitative estimate of drug-likeness (QED) is 0.690. The summed E-state index contributed by atoms with van der Waals surface area (Å²) in [5.74, 6) is 1.62. The van der Waals surface area contributed by atoms with E-state index < -0.39 is 6.10 Å². The van der Waals surface area contributed by atoms with E-state index in [2.05, 4.69) is 23.5 Å². The van der Waals surface area contributed by atoms with Gasteiger partial charge >= 0.3 is 0 Å². The molecule has 0 radical (unpaired) electrons. The fourth-order valence-electron chi connectivity index (χ4n) is 2.98. The monoisotopic (exact) mass is 337 g/mol. The molecule has 1 unspecified atom stereocenters. The summed E-state index contributed by atoms with van der Waals surface area (Å²) >= 11 is 0. The minimum Gasteiger partial charge on any atom is -0.497 e. The van der Waals surface area contributed by atoms with Gasteiger partial charge in [-0.2, -0.15) is 0 Å². The van der Waals surface area contributed by atoms with E-state index in [1.807, 2.05) is 42.5 Å². The molecular weight excluding hydrogens is 314 g/mol. The standard InChI is InChI=1S/C21H23NO3/c1-24-17-7-5-6-15(12-17)20(23)14-22-13-16-10-11-21(25-2)19-9-4-3-8-18(16)19/h3-12,20,22-23H,13-14H2,1-2H3. The molecule has 0 bridgehead atoms. The van der Waals surface area contributed by atoms with Gasteiger partial charge in [0.2, 0.25) is 0 Å². The predicted octanol–water partition coefficient (Wildman–Crippen LogP) is 3.68. The maximum absolute atomic E-state index is 10.4. The lowest BCUT2D eigenvalue weighted by Gasteiger charge is -2.15. The fourth-order valence-corrected chi connectivity index (χ4v) is 2.98. The summed E-state index contributed by atoms with van der Waals surface area (Å²) in [6.45, 7) is 1.14. The number of ether oxygens (including phenoxy) is 2. The highest BCUT2D eigenvalue weighted by Gasteiger charge is 2.10. The van der Waals surface area contributed by atoms with Crippen molar-refractivity contribution in [2.24, 2.45) is 0 Å². The molecule has 130 valence electrons. The highest BCUT2D eigenvalue weighted by atomic mass is 16.5. The van der Waals surface area contributed by atoms with Crippen molar-refractivity contribution in [2.75, 3.05) is 20.8 Å². The lowest BCUT2D eigenvalue weighted by atomic mass is 10.0. The van der Waals surface area contributed by atoms with Crippen molar-refractivity contribution in [1.29, 1.82) is 0 Å². The first-order valence-corrected chi connectivity index (χ1v) is 8.30.